The van der Waals surface area contributed by atoms with Crippen LogP contribution in [0.15, 0.2) is 36.5 Å². The van der Waals surface area contributed by atoms with Crippen LogP contribution in [-0.4, -0.2) is 38.6 Å². The number of aromatic nitrogens is 2. The number of nitrogens with zero attached hydrogens (tertiary/aromatic N) is 3. The fraction of sp³-hybridized carbons (Fsp3) is 0.391. The van der Waals surface area contributed by atoms with Gasteiger partial charge in [-0.2, -0.15) is 0 Å². The van der Waals surface area contributed by atoms with Crippen LogP contribution >= 0.6 is 11.6 Å². The summed E-state index contributed by atoms with van der Waals surface area (Å²) in [6, 6.07) is 9.99. The maximum Gasteiger partial charge on any atom is 0.304 e. The largest absolute Gasteiger partial charge is 0.481 e. The summed E-state index contributed by atoms with van der Waals surface area (Å²) < 4.78 is 2.32. The van der Waals surface area contributed by atoms with Crippen LogP contribution in [0.3, 0.4) is 0 Å². The van der Waals surface area contributed by atoms with Crippen LogP contribution < -0.4 is 0 Å². The van der Waals surface area contributed by atoms with Crippen LogP contribution in [0.4, 0.5) is 0 Å². The molecule has 0 spiro atoms. The Labute approximate surface area is 175 Å². The topological polar surface area (TPSA) is 58.4 Å². The first-order valence-corrected chi connectivity index (χ1v) is 10.5. The van der Waals surface area contributed by atoms with Crippen LogP contribution in [-0.2, 0) is 24.3 Å². The Morgan fingerprint density at radius 1 is 1.31 bits per heavy atom. The second-order valence-corrected chi connectivity index (χ2v) is 8.28. The van der Waals surface area contributed by atoms with Gasteiger partial charge in [-0.3, -0.25) is 14.7 Å². The minimum atomic E-state index is -0.791. The Balaban J connectivity index is 1.79. The second kappa shape index (κ2) is 8.17. The van der Waals surface area contributed by atoms with E-state index in [2.05, 4.69) is 27.4 Å². The molecule has 1 aliphatic rings. The molecule has 1 aliphatic heterocycles. The van der Waals surface area contributed by atoms with Crippen molar-refractivity contribution in [2.24, 2.45) is 0 Å². The van der Waals surface area contributed by atoms with E-state index < -0.39 is 5.97 Å². The lowest BCUT2D eigenvalue weighted by Gasteiger charge is -2.27. The molecule has 1 aromatic carbocycles. The number of hydrogen-bond donors (Lipinski definition) is 1. The van der Waals surface area contributed by atoms with Gasteiger partial charge in [0.15, 0.2) is 0 Å². The Morgan fingerprint density at radius 3 is 2.83 bits per heavy atom. The molecule has 0 fully saturated rings. The molecule has 0 bridgehead atoms. The third-order valence-electron chi connectivity index (χ3n) is 5.97. The van der Waals surface area contributed by atoms with E-state index in [1.807, 2.05) is 37.4 Å². The van der Waals surface area contributed by atoms with Crippen LogP contribution in [0.5, 0.6) is 0 Å². The molecule has 3 heterocycles. The van der Waals surface area contributed by atoms with Gasteiger partial charge in [0.2, 0.25) is 0 Å². The molecule has 5 nitrogen and oxygen atoms in total. The number of pyridine rings is 1. The molecule has 6 heteroatoms. The van der Waals surface area contributed by atoms with Gasteiger partial charge in [-0.1, -0.05) is 24.6 Å². The van der Waals surface area contributed by atoms with Crippen molar-refractivity contribution in [3.8, 4) is 0 Å². The molecule has 0 radical (unpaired) electrons. The molecule has 4 rings (SSSR count). The van der Waals surface area contributed by atoms with Gasteiger partial charge in [-0.15, -0.1) is 0 Å². The summed E-state index contributed by atoms with van der Waals surface area (Å²) in [5.74, 6) is -0.929. The van der Waals surface area contributed by atoms with E-state index in [1.54, 1.807) is 0 Å². The molecule has 0 aliphatic carbocycles. The Hall–Kier alpha value is -2.37. The number of benzene rings is 1. The number of halogens is 1. The molecule has 1 unspecified atom stereocenters. The standard InChI is InChI=1S/C23H26ClN3O2/c1-3-26-9-8-22-20(14-26)19-11-18(24)6-7-21(19)27(22)13-17(10-23(28)29)16-5-4-15(2)25-12-16/h4-7,11-12,17H,3,8-10,13-14H2,1-2H3,(H,28,29). The fourth-order valence-corrected chi connectivity index (χ4v) is 4.57. The first-order valence-electron chi connectivity index (χ1n) is 10.1. The average molecular weight is 412 g/mol. The maximum atomic E-state index is 11.6. The van der Waals surface area contributed by atoms with Crippen LogP contribution in [0.25, 0.3) is 10.9 Å². The second-order valence-electron chi connectivity index (χ2n) is 7.84. The number of likely N-dealkylation sites (N-methyl/N-ethyl adjacent to an activating group) is 1. The first-order chi connectivity index (χ1) is 14.0. The lowest BCUT2D eigenvalue weighted by molar-refractivity contribution is -0.137. The summed E-state index contributed by atoms with van der Waals surface area (Å²) in [5, 5.41) is 11.4. The quantitative estimate of drug-likeness (QED) is 0.642. The smallest absolute Gasteiger partial charge is 0.304 e. The lowest BCUT2D eigenvalue weighted by Crippen LogP contribution is -2.31. The summed E-state index contributed by atoms with van der Waals surface area (Å²) in [4.78, 5) is 18.4. The monoisotopic (exact) mass is 411 g/mol. The van der Waals surface area contributed by atoms with Crippen molar-refractivity contribution in [1.29, 1.82) is 0 Å². The maximum absolute atomic E-state index is 11.6. The van der Waals surface area contributed by atoms with Gasteiger partial charge in [0.05, 0.1) is 6.42 Å². The Morgan fingerprint density at radius 2 is 2.14 bits per heavy atom. The highest BCUT2D eigenvalue weighted by Crippen LogP contribution is 2.35. The zero-order valence-corrected chi connectivity index (χ0v) is 17.6. The van der Waals surface area contributed by atoms with E-state index in [0.717, 1.165) is 47.9 Å². The minimum absolute atomic E-state index is 0.0772. The first kappa shape index (κ1) is 19.9. The van der Waals surface area contributed by atoms with E-state index in [1.165, 1.54) is 16.6 Å². The summed E-state index contributed by atoms with van der Waals surface area (Å²) in [7, 11) is 0. The lowest BCUT2D eigenvalue weighted by atomic mass is 9.96. The van der Waals surface area contributed by atoms with Gasteiger partial charge < -0.3 is 9.67 Å². The summed E-state index contributed by atoms with van der Waals surface area (Å²) >= 11 is 6.32. The minimum Gasteiger partial charge on any atom is -0.481 e. The zero-order chi connectivity index (χ0) is 20.5. The number of carbonyl (C=O) groups is 1. The van der Waals surface area contributed by atoms with Crippen molar-refractivity contribution in [2.45, 2.75) is 45.7 Å². The van der Waals surface area contributed by atoms with E-state index in [9.17, 15) is 9.90 Å². The number of hydrogen-bond acceptors (Lipinski definition) is 3. The molecule has 3 aromatic rings. The van der Waals surface area contributed by atoms with Gasteiger partial charge >= 0.3 is 5.97 Å². The van der Waals surface area contributed by atoms with Gasteiger partial charge in [-0.05, 0) is 48.9 Å². The molecule has 0 saturated carbocycles. The van der Waals surface area contributed by atoms with Crippen LogP contribution in [0.1, 0.15) is 41.8 Å². The molecular formula is C23H26ClN3O2. The molecule has 1 N–H and O–H groups in total. The molecule has 152 valence electrons. The van der Waals surface area contributed by atoms with Gasteiger partial charge in [0, 0.05) is 65.5 Å². The van der Waals surface area contributed by atoms with E-state index in [-0.39, 0.29) is 12.3 Å². The fourth-order valence-electron chi connectivity index (χ4n) is 4.40. The highest BCUT2D eigenvalue weighted by molar-refractivity contribution is 6.31. The van der Waals surface area contributed by atoms with Crippen molar-refractivity contribution >= 4 is 28.5 Å². The van der Waals surface area contributed by atoms with E-state index in [0.29, 0.717) is 6.54 Å². The molecule has 2 aromatic heterocycles. The number of carboxylic acids is 1. The Kier molecular flexibility index (Phi) is 5.61. The summed E-state index contributed by atoms with van der Waals surface area (Å²) in [5.41, 5.74) is 5.66. The summed E-state index contributed by atoms with van der Waals surface area (Å²) in [6.45, 7) is 7.69. The third kappa shape index (κ3) is 4.02. The molecular weight excluding hydrogens is 386 g/mol. The van der Waals surface area contributed by atoms with Gasteiger partial charge in [-0.25, -0.2) is 0 Å². The average Bonchev–Trinajstić information content (AvgIpc) is 3.00. The number of carboxylic acid groups (broad SMARTS) is 1. The highest BCUT2D eigenvalue weighted by Gasteiger charge is 2.26. The van der Waals surface area contributed by atoms with Crippen LogP contribution in [0.2, 0.25) is 5.02 Å². The predicted octanol–water partition coefficient (Wildman–Crippen LogP) is 4.63. The predicted molar refractivity (Wildman–Crippen MR) is 116 cm³/mol. The highest BCUT2D eigenvalue weighted by atomic mass is 35.5. The normalized spacial score (nSPS) is 15.4. The number of fused-ring (bicyclic) bond motifs is 3. The van der Waals surface area contributed by atoms with Crippen molar-refractivity contribution in [3.63, 3.8) is 0 Å². The van der Waals surface area contributed by atoms with E-state index in [4.69, 9.17) is 11.6 Å². The molecule has 0 amide bonds. The number of rotatable bonds is 6. The molecule has 0 saturated heterocycles. The third-order valence-corrected chi connectivity index (χ3v) is 6.21. The Bertz CT molecular complexity index is 1040. The number of aliphatic carboxylic acids is 1. The van der Waals surface area contributed by atoms with Gasteiger partial charge in [0.1, 0.15) is 0 Å². The van der Waals surface area contributed by atoms with Gasteiger partial charge in [0.25, 0.3) is 0 Å². The van der Waals surface area contributed by atoms with Crippen molar-refractivity contribution in [3.05, 3.63) is 64.1 Å². The molecule has 1 atom stereocenters. The molecule has 29 heavy (non-hydrogen) atoms. The van der Waals surface area contributed by atoms with Crippen molar-refractivity contribution < 1.29 is 9.90 Å². The number of aryl methyl sites for hydroxylation is 1. The van der Waals surface area contributed by atoms with Crippen molar-refractivity contribution in [2.75, 3.05) is 13.1 Å². The van der Waals surface area contributed by atoms with Crippen molar-refractivity contribution in [1.82, 2.24) is 14.5 Å². The summed E-state index contributed by atoms with van der Waals surface area (Å²) in [6.07, 6.45) is 2.85. The van der Waals surface area contributed by atoms with E-state index >= 15 is 0 Å². The van der Waals surface area contributed by atoms with Crippen LogP contribution in [0, 0.1) is 6.92 Å². The SMILES string of the molecule is CCN1CCc2c(c3cc(Cl)ccc3n2CC(CC(=O)O)c2ccc(C)nc2)C1. The zero-order valence-electron chi connectivity index (χ0n) is 16.9.